The molecular weight excluding hydrogens is 366 g/mol. The SMILES string of the molecule is C/C(=N\N=C1/N=C(c2ccc(Br)cc2)CS1)c1nonc1C. The van der Waals surface area contributed by atoms with E-state index in [0.29, 0.717) is 22.3 Å². The Morgan fingerprint density at radius 3 is 2.73 bits per heavy atom. The molecule has 1 aromatic carbocycles. The second-order valence-corrected chi connectivity index (χ2v) is 6.48. The fraction of sp³-hybridized carbons (Fsp3) is 0.214. The summed E-state index contributed by atoms with van der Waals surface area (Å²) in [6.07, 6.45) is 0. The van der Waals surface area contributed by atoms with Gasteiger partial charge in [-0.25, -0.2) is 9.62 Å². The maximum atomic E-state index is 4.66. The third kappa shape index (κ3) is 3.33. The second kappa shape index (κ2) is 6.53. The summed E-state index contributed by atoms with van der Waals surface area (Å²) in [4.78, 5) is 4.51. The fourth-order valence-electron chi connectivity index (χ4n) is 1.88. The van der Waals surface area contributed by atoms with E-state index in [1.165, 1.54) is 0 Å². The number of benzene rings is 1. The molecule has 0 saturated heterocycles. The Bertz CT molecular complexity index is 779. The average molecular weight is 378 g/mol. The van der Waals surface area contributed by atoms with Gasteiger partial charge in [-0.05, 0) is 36.7 Å². The van der Waals surface area contributed by atoms with Gasteiger partial charge in [0.2, 0.25) is 5.17 Å². The molecule has 0 aliphatic carbocycles. The molecule has 1 aromatic heterocycles. The predicted molar refractivity (Wildman–Crippen MR) is 91.8 cm³/mol. The summed E-state index contributed by atoms with van der Waals surface area (Å²) in [5.74, 6) is 0.791. The van der Waals surface area contributed by atoms with Crippen LogP contribution in [0.1, 0.15) is 23.9 Å². The molecule has 112 valence electrons. The zero-order chi connectivity index (χ0) is 15.5. The number of hydrogen-bond acceptors (Lipinski definition) is 6. The van der Waals surface area contributed by atoms with Gasteiger partial charge in [0.15, 0.2) is 5.69 Å². The lowest BCUT2D eigenvalue weighted by molar-refractivity contribution is 0.304. The van der Waals surface area contributed by atoms with Gasteiger partial charge in [0.05, 0.1) is 11.4 Å². The van der Waals surface area contributed by atoms with Gasteiger partial charge in [0.1, 0.15) is 5.69 Å². The highest BCUT2D eigenvalue weighted by Crippen LogP contribution is 2.21. The number of amidine groups is 1. The van der Waals surface area contributed by atoms with Crippen LogP contribution in [-0.2, 0) is 0 Å². The van der Waals surface area contributed by atoms with E-state index in [0.717, 1.165) is 21.5 Å². The minimum atomic E-state index is 0.615. The second-order valence-electron chi connectivity index (χ2n) is 4.62. The summed E-state index contributed by atoms with van der Waals surface area (Å²) in [5.41, 5.74) is 4.06. The van der Waals surface area contributed by atoms with E-state index >= 15 is 0 Å². The molecule has 1 aliphatic heterocycles. The third-order valence-corrected chi connectivity index (χ3v) is 4.40. The van der Waals surface area contributed by atoms with Crippen LogP contribution in [0.5, 0.6) is 0 Å². The van der Waals surface area contributed by atoms with Gasteiger partial charge in [0.25, 0.3) is 0 Å². The fourth-order valence-corrected chi connectivity index (χ4v) is 2.91. The smallest absolute Gasteiger partial charge is 0.209 e. The quantitative estimate of drug-likeness (QED) is 0.606. The van der Waals surface area contributed by atoms with Gasteiger partial charge in [-0.2, -0.15) is 5.10 Å². The monoisotopic (exact) mass is 377 g/mol. The molecule has 0 atom stereocenters. The van der Waals surface area contributed by atoms with Crippen molar-refractivity contribution < 1.29 is 4.63 Å². The number of thioether (sulfide) groups is 1. The maximum Gasteiger partial charge on any atom is 0.209 e. The van der Waals surface area contributed by atoms with E-state index in [1.54, 1.807) is 11.8 Å². The highest BCUT2D eigenvalue weighted by molar-refractivity contribution is 9.10. The van der Waals surface area contributed by atoms with Crippen molar-refractivity contribution in [2.75, 3.05) is 5.75 Å². The molecule has 0 spiro atoms. The van der Waals surface area contributed by atoms with E-state index in [4.69, 9.17) is 0 Å². The lowest BCUT2D eigenvalue weighted by atomic mass is 10.1. The van der Waals surface area contributed by atoms with E-state index in [1.807, 2.05) is 38.1 Å². The highest BCUT2D eigenvalue weighted by atomic mass is 79.9. The first kappa shape index (κ1) is 15.1. The summed E-state index contributed by atoms with van der Waals surface area (Å²) < 4.78 is 5.71. The van der Waals surface area contributed by atoms with Gasteiger partial charge in [-0.1, -0.05) is 45.0 Å². The number of rotatable bonds is 3. The van der Waals surface area contributed by atoms with Crippen molar-refractivity contribution >= 4 is 44.3 Å². The van der Waals surface area contributed by atoms with Crippen molar-refractivity contribution in [2.24, 2.45) is 15.2 Å². The van der Waals surface area contributed by atoms with E-state index < -0.39 is 0 Å². The number of nitrogens with zero attached hydrogens (tertiary/aromatic N) is 5. The van der Waals surface area contributed by atoms with Crippen LogP contribution in [0, 0.1) is 6.92 Å². The number of aromatic nitrogens is 2. The molecular formula is C14H12BrN5OS. The molecule has 0 fully saturated rings. The zero-order valence-corrected chi connectivity index (χ0v) is 14.3. The van der Waals surface area contributed by atoms with Crippen LogP contribution in [-0.4, -0.2) is 32.7 Å². The molecule has 0 bridgehead atoms. The summed E-state index contributed by atoms with van der Waals surface area (Å²) in [6.45, 7) is 3.63. The summed E-state index contributed by atoms with van der Waals surface area (Å²) in [6, 6.07) is 8.07. The maximum absolute atomic E-state index is 4.66. The van der Waals surface area contributed by atoms with Crippen molar-refractivity contribution in [2.45, 2.75) is 13.8 Å². The van der Waals surface area contributed by atoms with Crippen LogP contribution < -0.4 is 0 Å². The number of halogens is 1. The van der Waals surface area contributed by atoms with E-state index in [9.17, 15) is 0 Å². The molecule has 0 saturated carbocycles. The van der Waals surface area contributed by atoms with Gasteiger partial charge in [-0.3, -0.25) is 0 Å². The first-order chi connectivity index (χ1) is 10.6. The van der Waals surface area contributed by atoms with E-state index in [2.05, 4.69) is 46.1 Å². The normalized spacial score (nSPS) is 17.1. The first-order valence-corrected chi connectivity index (χ1v) is 8.29. The van der Waals surface area contributed by atoms with Crippen LogP contribution in [0.15, 0.2) is 48.6 Å². The molecule has 8 heteroatoms. The molecule has 2 aromatic rings. The molecule has 0 unspecified atom stereocenters. The Morgan fingerprint density at radius 2 is 2.05 bits per heavy atom. The first-order valence-electron chi connectivity index (χ1n) is 6.51. The summed E-state index contributed by atoms with van der Waals surface area (Å²) >= 11 is 4.99. The van der Waals surface area contributed by atoms with Gasteiger partial charge < -0.3 is 0 Å². The van der Waals surface area contributed by atoms with E-state index in [-0.39, 0.29) is 0 Å². The van der Waals surface area contributed by atoms with Gasteiger partial charge in [-0.15, -0.1) is 5.10 Å². The van der Waals surface area contributed by atoms with Crippen LogP contribution in [0.4, 0.5) is 0 Å². The Morgan fingerprint density at radius 1 is 1.27 bits per heavy atom. The molecule has 0 N–H and O–H groups in total. The van der Waals surface area contributed by atoms with Crippen molar-refractivity contribution in [3.63, 3.8) is 0 Å². The molecule has 2 heterocycles. The Hall–Kier alpha value is -1.80. The van der Waals surface area contributed by atoms with Crippen molar-refractivity contribution in [1.82, 2.24) is 10.3 Å². The number of aliphatic imine (C=N–C) groups is 1. The van der Waals surface area contributed by atoms with Crippen LogP contribution in [0.3, 0.4) is 0 Å². The Kier molecular flexibility index (Phi) is 4.49. The third-order valence-electron chi connectivity index (χ3n) is 3.03. The zero-order valence-electron chi connectivity index (χ0n) is 11.9. The van der Waals surface area contributed by atoms with Crippen LogP contribution in [0.25, 0.3) is 0 Å². The standard InChI is InChI=1S/C14H12BrN5OS/c1-8(13-9(2)19-21-20-13)17-18-14-16-12(7-22-14)10-3-5-11(15)6-4-10/h3-6H,7H2,1-2H3/b17-8+,18-14+. The van der Waals surface area contributed by atoms with Gasteiger partial charge in [0, 0.05) is 10.2 Å². The molecule has 0 amide bonds. The molecule has 0 radical (unpaired) electrons. The highest BCUT2D eigenvalue weighted by Gasteiger charge is 2.15. The number of hydrogen-bond donors (Lipinski definition) is 0. The Balaban J connectivity index is 1.79. The molecule has 3 rings (SSSR count). The van der Waals surface area contributed by atoms with Crippen LogP contribution >= 0.6 is 27.7 Å². The van der Waals surface area contributed by atoms with Crippen molar-refractivity contribution in [3.8, 4) is 0 Å². The minimum absolute atomic E-state index is 0.615. The minimum Gasteiger partial charge on any atom is -0.244 e. The number of aryl methyl sites for hydroxylation is 1. The van der Waals surface area contributed by atoms with Crippen molar-refractivity contribution in [3.05, 3.63) is 45.7 Å². The lowest BCUT2D eigenvalue weighted by Gasteiger charge is -1.98. The molecule has 1 aliphatic rings. The lowest BCUT2D eigenvalue weighted by Crippen LogP contribution is -1.99. The van der Waals surface area contributed by atoms with Crippen LogP contribution in [0.2, 0.25) is 0 Å². The summed E-state index contributed by atoms with van der Waals surface area (Å²) in [5, 5.41) is 16.5. The largest absolute Gasteiger partial charge is 0.244 e. The summed E-state index contributed by atoms with van der Waals surface area (Å²) in [7, 11) is 0. The molecule has 6 nitrogen and oxygen atoms in total. The molecule has 22 heavy (non-hydrogen) atoms. The van der Waals surface area contributed by atoms with Gasteiger partial charge >= 0.3 is 0 Å². The average Bonchev–Trinajstić information content (AvgIpc) is 3.14. The topological polar surface area (TPSA) is 76.0 Å². The van der Waals surface area contributed by atoms with Crippen molar-refractivity contribution in [1.29, 1.82) is 0 Å². The Labute approximate surface area is 139 Å². The predicted octanol–water partition coefficient (Wildman–Crippen LogP) is 3.46.